The van der Waals surface area contributed by atoms with E-state index in [0.717, 1.165) is 23.3 Å². The van der Waals surface area contributed by atoms with Crippen molar-refractivity contribution in [3.63, 3.8) is 0 Å². The molecule has 0 amide bonds. The van der Waals surface area contributed by atoms with Gasteiger partial charge in [-0.3, -0.25) is 0 Å². The van der Waals surface area contributed by atoms with Gasteiger partial charge in [0.1, 0.15) is 12.4 Å². The van der Waals surface area contributed by atoms with E-state index in [0.29, 0.717) is 6.54 Å². The summed E-state index contributed by atoms with van der Waals surface area (Å²) >= 11 is 0. The van der Waals surface area contributed by atoms with Crippen LogP contribution in [0.2, 0.25) is 0 Å². The van der Waals surface area contributed by atoms with Gasteiger partial charge in [0.25, 0.3) is 0 Å². The molecule has 1 atom stereocenters. The van der Waals surface area contributed by atoms with Crippen LogP contribution in [-0.4, -0.2) is 33.0 Å². The van der Waals surface area contributed by atoms with Crippen molar-refractivity contribution in [2.75, 3.05) is 26.9 Å². The van der Waals surface area contributed by atoms with Crippen molar-refractivity contribution < 1.29 is 22.6 Å². The summed E-state index contributed by atoms with van der Waals surface area (Å²) in [6.07, 6.45) is -3.41. The number of hydrogen-bond acceptors (Lipinski definition) is 3. The van der Waals surface area contributed by atoms with E-state index in [4.69, 9.17) is 9.47 Å². The summed E-state index contributed by atoms with van der Waals surface area (Å²) < 4.78 is 46.5. The Morgan fingerprint density at radius 3 is 2.52 bits per heavy atom. The molecule has 1 unspecified atom stereocenters. The second-order valence-electron chi connectivity index (χ2n) is 4.86. The first kappa shape index (κ1) is 17.8. The number of aryl methyl sites for hydroxylation is 1. The molecule has 21 heavy (non-hydrogen) atoms. The lowest BCUT2D eigenvalue weighted by Gasteiger charge is -2.22. The molecule has 0 aliphatic rings. The van der Waals surface area contributed by atoms with Crippen molar-refractivity contribution in [3.8, 4) is 5.75 Å². The van der Waals surface area contributed by atoms with Crippen LogP contribution in [0.15, 0.2) is 18.2 Å². The zero-order valence-electron chi connectivity index (χ0n) is 12.6. The highest BCUT2D eigenvalue weighted by molar-refractivity contribution is 5.36. The number of rotatable bonds is 8. The van der Waals surface area contributed by atoms with Gasteiger partial charge >= 0.3 is 6.18 Å². The summed E-state index contributed by atoms with van der Waals surface area (Å²) in [6, 6.07) is 5.25. The first-order valence-electron chi connectivity index (χ1n) is 6.89. The fraction of sp³-hybridized carbons (Fsp3) is 0.600. The molecule has 0 saturated carbocycles. The minimum atomic E-state index is -4.30. The number of benzene rings is 1. The van der Waals surface area contributed by atoms with Gasteiger partial charge in [0.2, 0.25) is 0 Å². The number of methoxy groups -OCH3 is 1. The van der Waals surface area contributed by atoms with Crippen LogP contribution in [0.5, 0.6) is 5.75 Å². The van der Waals surface area contributed by atoms with E-state index >= 15 is 0 Å². The number of nitrogens with one attached hydrogen (secondary N) is 1. The molecule has 1 rings (SSSR count). The molecule has 0 saturated heterocycles. The van der Waals surface area contributed by atoms with E-state index in [1.165, 1.54) is 0 Å². The zero-order chi connectivity index (χ0) is 15.9. The monoisotopic (exact) mass is 305 g/mol. The summed E-state index contributed by atoms with van der Waals surface area (Å²) in [7, 11) is 1.58. The molecule has 0 heterocycles. The van der Waals surface area contributed by atoms with Crippen LogP contribution in [0.4, 0.5) is 13.2 Å². The molecule has 1 aromatic carbocycles. The van der Waals surface area contributed by atoms with Crippen LogP contribution in [0.1, 0.15) is 30.5 Å². The van der Waals surface area contributed by atoms with E-state index in [2.05, 4.69) is 5.32 Å². The van der Waals surface area contributed by atoms with Crippen molar-refractivity contribution >= 4 is 0 Å². The lowest BCUT2D eigenvalue weighted by molar-refractivity contribution is -0.175. The predicted octanol–water partition coefficient (Wildman–Crippen LogP) is 3.62. The fourth-order valence-electron chi connectivity index (χ4n) is 2.04. The van der Waals surface area contributed by atoms with E-state index < -0.39 is 12.8 Å². The second kappa shape index (κ2) is 8.24. The molecule has 0 radical (unpaired) electrons. The van der Waals surface area contributed by atoms with Crippen LogP contribution in [0, 0.1) is 6.92 Å². The molecule has 0 aromatic heterocycles. The quantitative estimate of drug-likeness (QED) is 0.795. The lowest BCUT2D eigenvalue weighted by atomic mass is 10.0. The third-order valence-corrected chi connectivity index (χ3v) is 3.04. The molecule has 0 bridgehead atoms. The third kappa shape index (κ3) is 6.35. The molecule has 6 heteroatoms. The predicted molar refractivity (Wildman–Crippen MR) is 75.6 cm³/mol. The maximum absolute atomic E-state index is 12.2. The van der Waals surface area contributed by atoms with Gasteiger partial charge in [0, 0.05) is 0 Å². The summed E-state index contributed by atoms with van der Waals surface area (Å²) in [6.45, 7) is 3.37. The molecular weight excluding hydrogens is 283 g/mol. The maximum atomic E-state index is 12.2. The summed E-state index contributed by atoms with van der Waals surface area (Å²) in [5.41, 5.74) is 1.88. The van der Waals surface area contributed by atoms with Crippen LogP contribution in [-0.2, 0) is 4.74 Å². The maximum Gasteiger partial charge on any atom is 0.411 e. The van der Waals surface area contributed by atoms with E-state index in [1.807, 2.05) is 26.0 Å². The Morgan fingerprint density at radius 1 is 1.29 bits per heavy atom. The van der Waals surface area contributed by atoms with Crippen LogP contribution >= 0.6 is 0 Å². The SMILES string of the molecule is CCCNC(COCC(F)(F)F)c1ccc(OC)cc1C. The summed E-state index contributed by atoms with van der Waals surface area (Å²) in [5, 5.41) is 3.22. The van der Waals surface area contributed by atoms with Crippen molar-refractivity contribution in [2.24, 2.45) is 0 Å². The Balaban J connectivity index is 2.76. The van der Waals surface area contributed by atoms with E-state index in [-0.39, 0.29) is 12.6 Å². The third-order valence-electron chi connectivity index (χ3n) is 3.04. The van der Waals surface area contributed by atoms with Gasteiger partial charge in [0.05, 0.1) is 19.8 Å². The molecule has 0 aliphatic carbocycles. The standard InChI is InChI=1S/C15H22F3NO2/c1-4-7-19-14(9-21-10-15(16,17)18)13-6-5-12(20-3)8-11(13)2/h5-6,8,14,19H,4,7,9-10H2,1-3H3. The Morgan fingerprint density at radius 2 is 2.00 bits per heavy atom. The van der Waals surface area contributed by atoms with Crippen LogP contribution in [0.3, 0.4) is 0 Å². The van der Waals surface area contributed by atoms with Crippen molar-refractivity contribution in [2.45, 2.75) is 32.5 Å². The van der Waals surface area contributed by atoms with Gasteiger partial charge in [-0.15, -0.1) is 0 Å². The van der Waals surface area contributed by atoms with Gasteiger partial charge in [-0.1, -0.05) is 13.0 Å². The van der Waals surface area contributed by atoms with E-state index in [1.54, 1.807) is 13.2 Å². The molecule has 0 spiro atoms. The topological polar surface area (TPSA) is 30.5 Å². The average molecular weight is 305 g/mol. The fourth-order valence-corrected chi connectivity index (χ4v) is 2.04. The minimum absolute atomic E-state index is 0.0212. The molecule has 0 fully saturated rings. The summed E-state index contributed by atoms with van der Waals surface area (Å²) in [4.78, 5) is 0. The van der Waals surface area contributed by atoms with Crippen molar-refractivity contribution in [3.05, 3.63) is 29.3 Å². The zero-order valence-corrected chi connectivity index (χ0v) is 12.6. The van der Waals surface area contributed by atoms with Gasteiger partial charge < -0.3 is 14.8 Å². The molecule has 1 aromatic rings. The first-order valence-corrected chi connectivity index (χ1v) is 6.89. The molecule has 3 nitrogen and oxygen atoms in total. The van der Waals surface area contributed by atoms with Gasteiger partial charge in [-0.05, 0) is 43.1 Å². The minimum Gasteiger partial charge on any atom is -0.497 e. The van der Waals surface area contributed by atoms with E-state index in [9.17, 15) is 13.2 Å². The summed E-state index contributed by atoms with van der Waals surface area (Å²) in [5.74, 6) is 0.724. The van der Waals surface area contributed by atoms with Crippen molar-refractivity contribution in [1.29, 1.82) is 0 Å². The molecule has 1 N–H and O–H groups in total. The molecule has 120 valence electrons. The number of alkyl halides is 3. The van der Waals surface area contributed by atoms with Crippen LogP contribution in [0.25, 0.3) is 0 Å². The van der Waals surface area contributed by atoms with Crippen LogP contribution < -0.4 is 10.1 Å². The smallest absolute Gasteiger partial charge is 0.411 e. The largest absolute Gasteiger partial charge is 0.497 e. The normalized spacial score (nSPS) is 13.2. The lowest BCUT2D eigenvalue weighted by Crippen LogP contribution is -2.29. The Bertz CT molecular complexity index is 435. The highest BCUT2D eigenvalue weighted by Gasteiger charge is 2.28. The number of ether oxygens (including phenoxy) is 2. The van der Waals surface area contributed by atoms with Gasteiger partial charge in [0.15, 0.2) is 0 Å². The van der Waals surface area contributed by atoms with Crippen molar-refractivity contribution in [1.82, 2.24) is 5.32 Å². The highest BCUT2D eigenvalue weighted by atomic mass is 19.4. The number of halogens is 3. The number of hydrogen-bond donors (Lipinski definition) is 1. The van der Waals surface area contributed by atoms with Gasteiger partial charge in [-0.25, -0.2) is 0 Å². The van der Waals surface area contributed by atoms with Gasteiger partial charge in [-0.2, -0.15) is 13.2 Å². The molecular formula is C15H22F3NO2. The highest BCUT2D eigenvalue weighted by Crippen LogP contribution is 2.24. The Hall–Kier alpha value is -1.27. The molecule has 0 aliphatic heterocycles. The first-order chi connectivity index (χ1) is 9.87. The second-order valence-corrected chi connectivity index (χ2v) is 4.86. The average Bonchev–Trinajstić information content (AvgIpc) is 2.41. The Labute approximate surface area is 123 Å². The Kier molecular flexibility index (Phi) is 6.98.